The Morgan fingerprint density at radius 3 is 2.65 bits per heavy atom. The Bertz CT molecular complexity index is 285. The minimum absolute atomic E-state index is 0.0281. The van der Waals surface area contributed by atoms with Gasteiger partial charge in [-0.3, -0.25) is 4.79 Å². The number of hydrogen-bond donors (Lipinski definition) is 1. The first kappa shape index (κ1) is 16.4. The van der Waals surface area contributed by atoms with Crippen LogP contribution in [0.25, 0.3) is 0 Å². The molecule has 0 fully saturated rings. The average Bonchev–Trinajstić information content (AvgIpc) is 2.34. The van der Waals surface area contributed by atoms with E-state index in [1.165, 1.54) is 0 Å². The molecule has 0 radical (unpaired) electrons. The van der Waals surface area contributed by atoms with Gasteiger partial charge in [0.2, 0.25) is 5.91 Å². The van der Waals surface area contributed by atoms with Gasteiger partial charge in [-0.05, 0) is 31.5 Å². The van der Waals surface area contributed by atoms with Gasteiger partial charge in [0.15, 0.2) is 0 Å². The molecule has 0 saturated heterocycles. The normalized spacial score (nSPS) is 25.4. The summed E-state index contributed by atoms with van der Waals surface area (Å²) in [5.41, 5.74) is 0. The van der Waals surface area contributed by atoms with E-state index >= 15 is 0 Å². The van der Waals surface area contributed by atoms with Crippen molar-refractivity contribution >= 4 is 21.8 Å². The molecule has 1 aliphatic heterocycles. The lowest BCUT2D eigenvalue weighted by atomic mass is 10.1. The van der Waals surface area contributed by atoms with Crippen LogP contribution in [0.3, 0.4) is 0 Å². The summed E-state index contributed by atoms with van der Waals surface area (Å²) in [5.74, 6) is 0.0708. The van der Waals surface area contributed by atoms with Crippen LogP contribution < -0.4 is 5.32 Å². The van der Waals surface area contributed by atoms with E-state index in [4.69, 9.17) is 0 Å². The summed E-state index contributed by atoms with van der Waals surface area (Å²) in [4.78, 5) is 13.4. The Labute approximate surface area is 113 Å². The molecule has 1 atom stereocenters. The zero-order chi connectivity index (χ0) is 13.3. The molecule has 3 nitrogen and oxygen atoms in total. The summed E-state index contributed by atoms with van der Waals surface area (Å²) in [6.45, 7) is 5.86. The molecule has 0 saturated carbocycles. The van der Waals surface area contributed by atoms with Crippen LogP contribution >= 0.6 is 15.9 Å². The summed E-state index contributed by atoms with van der Waals surface area (Å²) in [6.07, 6.45) is 6.65. The lowest BCUT2D eigenvalue weighted by Gasteiger charge is -2.05. The first-order valence-electron chi connectivity index (χ1n) is 5.92. The Balaban J connectivity index is 0.000000437. The van der Waals surface area contributed by atoms with Crippen LogP contribution in [0.5, 0.6) is 0 Å². The van der Waals surface area contributed by atoms with Crippen LogP contribution in [-0.4, -0.2) is 38.0 Å². The van der Waals surface area contributed by atoms with E-state index in [1.807, 2.05) is 25.2 Å². The van der Waals surface area contributed by atoms with Crippen molar-refractivity contribution in [3.05, 3.63) is 22.7 Å². The number of amides is 1. The van der Waals surface area contributed by atoms with E-state index in [2.05, 4.69) is 47.2 Å². The van der Waals surface area contributed by atoms with E-state index < -0.39 is 0 Å². The molecule has 0 aliphatic carbocycles. The molecule has 0 aromatic rings. The third kappa shape index (κ3) is 9.12. The van der Waals surface area contributed by atoms with Crippen molar-refractivity contribution in [3.8, 4) is 0 Å². The highest BCUT2D eigenvalue weighted by molar-refractivity contribution is 9.11. The van der Waals surface area contributed by atoms with Crippen LogP contribution in [0, 0.1) is 5.92 Å². The summed E-state index contributed by atoms with van der Waals surface area (Å²) in [7, 11) is 4.11. The third-order valence-electron chi connectivity index (χ3n) is 2.39. The van der Waals surface area contributed by atoms with Crippen molar-refractivity contribution in [2.45, 2.75) is 20.3 Å². The molecular formula is C13H23BrN2O. The fraction of sp³-hybridized carbons (Fsp3) is 0.615. The average molecular weight is 303 g/mol. The van der Waals surface area contributed by atoms with Crippen LogP contribution in [0.1, 0.15) is 20.3 Å². The first-order valence-corrected chi connectivity index (χ1v) is 6.72. The van der Waals surface area contributed by atoms with Gasteiger partial charge in [0.25, 0.3) is 0 Å². The third-order valence-corrected chi connectivity index (χ3v) is 3.05. The number of nitrogens with one attached hydrogen (secondary N) is 1. The second-order valence-corrected chi connectivity index (χ2v) is 5.24. The molecule has 1 rings (SSSR count). The van der Waals surface area contributed by atoms with Crippen LogP contribution in [0.4, 0.5) is 0 Å². The maximum absolute atomic E-state index is 11.2. The van der Waals surface area contributed by atoms with Crippen molar-refractivity contribution in [1.29, 1.82) is 0 Å². The lowest BCUT2D eigenvalue weighted by Crippen LogP contribution is -2.28. The van der Waals surface area contributed by atoms with Gasteiger partial charge in [-0.15, -0.1) is 0 Å². The van der Waals surface area contributed by atoms with Crippen molar-refractivity contribution < 1.29 is 4.79 Å². The number of rotatable bonds is 1. The SMILES string of the molecule is CC1/C=C\C=C(\Br)CCNC1=O.CCN(C)C. The summed E-state index contributed by atoms with van der Waals surface area (Å²) in [6, 6.07) is 0. The van der Waals surface area contributed by atoms with E-state index in [1.54, 1.807) is 0 Å². The number of carbonyl (C=O) groups excluding carboxylic acids is 1. The van der Waals surface area contributed by atoms with Crippen molar-refractivity contribution in [2.75, 3.05) is 27.2 Å². The number of allylic oxidation sites excluding steroid dienone is 2. The second-order valence-electron chi connectivity index (χ2n) is 4.22. The minimum atomic E-state index is -0.0281. The van der Waals surface area contributed by atoms with Gasteiger partial charge >= 0.3 is 0 Å². The molecule has 1 aliphatic rings. The van der Waals surface area contributed by atoms with Gasteiger partial charge < -0.3 is 10.2 Å². The topological polar surface area (TPSA) is 32.3 Å². The zero-order valence-electron chi connectivity index (χ0n) is 11.2. The maximum atomic E-state index is 11.2. The largest absolute Gasteiger partial charge is 0.355 e. The van der Waals surface area contributed by atoms with Gasteiger partial charge in [0.05, 0.1) is 5.92 Å². The fourth-order valence-electron chi connectivity index (χ4n) is 0.963. The van der Waals surface area contributed by atoms with Crippen molar-refractivity contribution in [2.24, 2.45) is 5.92 Å². The predicted molar refractivity (Wildman–Crippen MR) is 77.2 cm³/mol. The Morgan fingerprint density at radius 1 is 1.53 bits per heavy atom. The molecule has 0 bridgehead atoms. The van der Waals surface area contributed by atoms with Gasteiger partial charge in [-0.25, -0.2) is 0 Å². The molecule has 98 valence electrons. The van der Waals surface area contributed by atoms with Crippen molar-refractivity contribution in [3.63, 3.8) is 0 Å². The Morgan fingerprint density at radius 2 is 2.12 bits per heavy atom. The van der Waals surface area contributed by atoms with Crippen LogP contribution in [-0.2, 0) is 4.79 Å². The molecule has 17 heavy (non-hydrogen) atoms. The number of carbonyl (C=O) groups is 1. The van der Waals surface area contributed by atoms with E-state index in [9.17, 15) is 4.79 Å². The quantitative estimate of drug-likeness (QED) is 0.807. The molecule has 0 aromatic heterocycles. The highest BCUT2D eigenvalue weighted by atomic mass is 79.9. The zero-order valence-corrected chi connectivity index (χ0v) is 12.8. The number of halogens is 1. The van der Waals surface area contributed by atoms with Crippen LogP contribution in [0.2, 0.25) is 0 Å². The number of nitrogens with zero attached hydrogens (tertiary/aromatic N) is 1. The molecule has 0 spiro atoms. The van der Waals surface area contributed by atoms with Crippen LogP contribution in [0.15, 0.2) is 22.7 Å². The summed E-state index contributed by atoms with van der Waals surface area (Å²) >= 11 is 3.41. The lowest BCUT2D eigenvalue weighted by molar-refractivity contribution is -0.123. The Kier molecular flexibility index (Phi) is 9.09. The molecule has 4 heteroatoms. The van der Waals surface area contributed by atoms with E-state index in [-0.39, 0.29) is 11.8 Å². The standard InChI is InChI=1S/C9H12BrNO.C4H11N/c1-7-3-2-4-8(10)5-6-11-9(7)12;1-4-5(2)3/h2-4,7H,5-6H2,1H3,(H,11,12);4H2,1-3H3/b3-2-,8-4+;. The minimum Gasteiger partial charge on any atom is -0.355 e. The van der Waals surface area contributed by atoms with E-state index in [0.29, 0.717) is 6.54 Å². The highest BCUT2D eigenvalue weighted by Crippen LogP contribution is 2.11. The predicted octanol–water partition coefficient (Wildman–Crippen LogP) is 2.55. The summed E-state index contributed by atoms with van der Waals surface area (Å²) < 4.78 is 1.12. The van der Waals surface area contributed by atoms with Gasteiger partial charge in [-0.2, -0.15) is 0 Å². The molecule has 1 heterocycles. The van der Waals surface area contributed by atoms with Gasteiger partial charge in [0, 0.05) is 6.54 Å². The maximum Gasteiger partial charge on any atom is 0.226 e. The smallest absolute Gasteiger partial charge is 0.226 e. The number of hydrogen-bond acceptors (Lipinski definition) is 2. The molecule has 1 N–H and O–H groups in total. The monoisotopic (exact) mass is 302 g/mol. The van der Waals surface area contributed by atoms with Gasteiger partial charge in [0.1, 0.15) is 0 Å². The first-order chi connectivity index (χ1) is 7.97. The second kappa shape index (κ2) is 9.42. The highest BCUT2D eigenvalue weighted by Gasteiger charge is 2.08. The van der Waals surface area contributed by atoms with Crippen molar-refractivity contribution in [1.82, 2.24) is 10.2 Å². The Hall–Kier alpha value is -0.610. The molecule has 1 unspecified atom stereocenters. The summed E-state index contributed by atoms with van der Waals surface area (Å²) in [5, 5.41) is 2.84. The molecule has 1 amide bonds. The molecular weight excluding hydrogens is 280 g/mol. The van der Waals surface area contributed by atoms with E-state index in [0.717, 1.165) is 17.4 Å². The fourth-order valence-corrected chi connectivity index (χ4v) is 1.31. The van der Waals surface area contributed by atoms with Gasteiger partial charge in [-0.1, -0.05) is 48.0 Å². The molecule has 0 aromatic carbocycles.